The van der Waals surface area contributed by atoms with E-state index < -0.39 is 36.8 Å². The Hall–Kier alpha value is -1.22. The molecule has 0 unspecified atom stereocenters. The average molecular weight is 341 g/mol. The SMILES string of the molecule is COP(=O)(OC)c1ncc([N+](=O)[O-])c(P(=O)(OC)OC)n1. The van der Waals surface area contributed by atoms with Crippen molar-refractivity contribution in [3.05, 3.63) is 16.3 Å². The molecule has 118 valence electrons. The molecular weight excluding hydrogens is 328 g/mol. The monoisotopic (exact) mass is 341 g/mol. The van der Waals surface area contributed by atoms with Crippen LogP contribution in [0.5, 0.6) is 0 Å². The second-order valence-corrected chi connectivity index (χ2v) is 7.64. The Morgan fingerprint density at radius 2 is 1.52 bits per heavy atom. The summed E-state index contributed by atoms with van der Waals surface area (Å²) in [6.07, 6.45) is 0.729. The molecular formula is C8H13N3O8P2. The summed E-state index contributed by atoms with van der Waals surface area (Å²) in [7, 11) is -3.72. The molecule has 13 heteroatoms. The van der Waals surface area contributed by atoms with Crippen LogP contribution in [-0.2, 0) is 27.2 Å². The summed E-state index contributed by atoms with van der Waals surface area (Å²) in [5, 5.41) is 11.0. The summed E-state index contributed by atoms with van der Waals surface area (Å²) in [6, 6.07) is 0. The van der Waals surface area contributed by atoms with Crippen LogP contribution >= 0.6 is 15.2 Å². The van der Waals surface area contributed by atoms with Crippen LogP contribution < -0.4 is 11.0 Å². The molecule has 0 fully saturated rings. The topological polar surface area (TPSA) is 140 Å². The maximum Gasteiger partial charge on any atom is 0.397 e. The van der Waals surface area contributed by atoms with Crippen molar-refractivity contribution in [2.45, 2.75) is 0 Å². The molecule has 0 spiro atoms. The van der Waals surface area contributed by atoms with Crippen molar-refractivity contribution in [1.29, 1.82) is 0 Å². The van der Waals surface area contributed by atoms with Crippen LogP contribution in [0, 0.1) is 10.1 Å². The highest BCUT2D eigenvalue weighted by Crippen LogP contribution is 2.48. The van der Waals surface area contributed by atoms with Crippen LogP contribution in [0.1, 0.15) is 0 Å². The number of nitro groups is 1. The van der Waals surface area contributed by atoms with E-state index in [1.807, 2.05) is 0 Å². The Balaban J connectivity index is 3.63. The van der Waals surface area contributed by atoms with Gasteiger partial charge in [-0.2, -0.15) is 0 Å². The van der Waals surface area contributed by atoms with Crippen LogP contribution in [-0.4, -0.2) is 43.3 Å². The van der Waals surface area contributed by atoms with Crippen LogP contribution in [0.15, 0.2) is 6.20 Å². The van der Waals surface area contributed by atoms with Gasteiger partial charge in [0.15, 0.2) is 0 Å². The third-order valence-corrected chi connectivity index (χ3v) is 5.88. The normalized spacial score (nSPS) is 12.4. The third kappa shape index (κ3) is 3.34. The van der Waals surface area contributed by atoms with Crippen molar-refractivity contribution in [3.63, 3.8) is 0 Å². The summed E-state index contributed by atoms with van der Waals surface area (Å²) in [4.78, 5) is 17.3. The molecule has 0 aliphatic heterocycles. The molecule has 1 aromatic rings. The van der Waals surface area contributed by atoms with Gasteiger partial charge in [-0.05, 0) is 0 Å². The minimum Gasteiger partial charge on any atom is -0.307 e. The van der Waals surface area contributed by atoms with E-state index in [4.69, 9.17) is 0 Å². The summed E-state index contributed by atoms with van der Waals surface area (Å²) in [5.41, 5.74) is -1.84. The minimum absolute atomic E-state index is 0.498. The lowest BCUT2D eigenvalue weighted by atomic mass is 10.6. The van der Waals surface area contributed by atoms with E-state index >= 15 is 0 Å². The van der Waals surface area contributed by atoms with Crippen LogP contribution in [0.25, 0.3) is 0 Å². The fourth-order valence-electron chi connectivity index (χ4n) is 1.31. The third-order valence-electron chi connectivity index (χ3n) is 2.40. The summed E-state index contributed by atoms with van der Waals surface area (Å²) >= 11 is 0. The molecule has 1 heterocycles. The first-order valence-electron chi connectivity index (χ1n) is 5.23. The Labute approximate surface area is 119 Å². The van der Waals surface area contributed by atoms with Crippen molar-refractivity contribution in [2.24, 2.45) is 0 Å². The fourth-order valence-corrected chi connectivity index (χ4v) is 3.41. The van der Waals surface area contributed by atoms with E-state index in [1.54, 1.807) is 0 Å². The summed E-state index contributed by atoms with van der Waals surface area (Å²) in [6.45, 7) is 0. The van der Waals surface area contributed by atoms with Gasteiger partial charge < -0.3 is 18.1 Å². The molecule has 1 rings (SSSR count). The van der Waals surface area contributed by atoms with Crippen molar-refractivity contribution in [2.75, 3.05) is 28.4 Å². The van der Waals surface area contributed by atoms with Crippen molar-refractivity contribution in [1.82, 2.24) is 9.97 Å². The van der Waals surface area contributed by atoms with Crippen LogP contribution in [0.3, 0.4) is 0 Å². The van der Waals surface area contributed by atoms with Gasteiger partial charge in [-0.3, -0.25) is 19.2 Å². The average Bonchev–Trinajstić information content (AvgIpc) is 2.52. The standard InChI is InChI=1S/C8H13N3O8P2/c1-16-20(14,17-2)7-6(11(12)13)5-9-8(10-7)21(15,18-3)19-4/h5H,1-4H3. The van der Waals surface area contributed by atoms with Crippen LogP contribution in [0.4, 0.5) is 5.69 Å². The van der Waals surface area contributed by atoms with E-state index in [9.17, 15) is 19.2 Å². The van der Waals surface area contributed by atoms with Gasteiger partial charge in [0.25, 0.3) is 0 Å². The predicted octanol–water partition coefficient (Wildman–Crippen LogP) is 0.607. The molecule has 0 aliphatic carbocycles. The second kappa shape index (κ2) is 6.69. The maximum atomic E-state index is 12.3. The molecule has 21 heavy (non-hydrogen) atoms. The Morgan fingerprint density at radius 3 is 1.90 bits per heavy atom. The van der Waals surface area contributed by atoms with E-state index in [1.165, 1.54) is 0 Å². The molecule has 11 nitrogen and oxygen atoms in total. The number of rotatable bonds is 7. The Morgan fingerprint density at radius 1 is 1.05 bits per heavy atom. The second-order valence-electron chi connectivity index (χ2n) is 3.36. The highest BCUT2D eigenvalue weighted by molar-refractivity contribution is 7.63. The van der Waals surface area contributed by atoms with Crippen molar-refractivity contribution in [3.8, 4) is 0 Å². The maximum absolute atomic E-state index is 12.3. The Kier molecular flexibility index (Phi) is 5.68. The molecule has 0 saturated heterocycles. The van der Waals surface area contributed by atoms with Gasteiger partial charge in [0, 0.05) is 28.4 Å². The highest BCUT2D eigenvalue weighted by Gasteiger charge is 2.39. The number of hydrogen-bond acceptors (Lipinski definition) is 10. The number of hydrogen-bond donors (Lipinski definition) is 0. The van der Waals surface area contributed by atoms with E-state index in [0.29, 0.717) is 0 Å². The molecule has 0 radical (unpaired) electrons. The first-order valence-corrected chi connectivity index (χ1v) is 8.32. The lowest BCUT2D eigenvalue weighted by Crippen LogP contribution is -2.27. The quantitative estimate of drug-likeness (QED) is 0.393. The zero-order chi connectivity index (χ0) is 16.3. The fraction of sp³-hybridized carbons (Fsp3) is 0.500. The van der Waals surface area contributed by atoms with Gasteiger partial charge in [0.2, 0.25) is 11.0 Å². The van der Waals surface area contributed by atoms with Gasteiger partial charge in [-0.15, -0.1) is 0 Å². The molecule has 0 bridgehead atoms. The summed E-state index contributed by atoms with van der Waals surface area (Å²) in [5.74, 6) is 0. The largest absolute Gasteiger partial charge is 0.397 e. The van der Waals surface area contributed by atoms with E-state index in [0.717, 1.165) is 34.6 Å². The molecule has 0 saturated carbocycles. The smallest absolute Gasteiger partial charge is 0.307 e. The zero-order valence-electron chi connectivity index (χ0n) is 11.6. The Bertz CT molecular complexity index is 620. The van der Waals surface area contributed by atoms with Gasteiger partial charge in [-0.1, -0.05) is 0 Å². The van der Waals surface area contributed by atoms with Gasteiger partial charge in [0.1, 0.15) is 6.20 Å². The number of nitrogens with zero attached hydrogens (tertiary/aromatic N) is 3. The molecule has 0 aromatic carbocycles. The molecule has 0 aliphatic rings. The first-order chi connectivity index (χ1) is 9.77. The minimum atomic E-state index is -4.07. The molecule has 0 atom stereocenters. The molecule has 1 aromatic heterocycles. The lowest BCUT2D eigenvalue weighted by Gasteiger charge is -2.15. The van der Waals surface area contributed by atoms with Crippen LogP contribution in [0.2, 0.25) is 0 Å². The predicted molar refractivity (Wildman–Crippen MR) is 71.2 cm³/mol. The molecule has 0 N–H and O–H groups in total. The van der Waals surface area contributed by atoms with E-state index in [2.05, 4.69) is 28.1 Å². The number of aromatic nitrogens is 2. The highest BCUT2D eigenvalue weighted by atomic mass is 31.2. The van der Waals surface area contributed by atoms with Crippen molar-refractivity contribution >= 4 is 31.9 Å². The lowest BCUT2D eigenvalue weighted by molar-refractivity contribution is -0.384. The van der Waals surface area contributed by atoms with Gasteiger partial charge >= 0.3 is 20.9 Å². The zero-order valence-corrected chi connectivity index (χ0v) is 13.4. The van der Waals surface area contributed by atoms with Gasteiger partial charge in [0.05, 0.1) is 4.92 Å². The first kappa shape index (κ1) is 17.8. The summed E-state index contributed by atoms with van der Waals surface area (Å²) < 4.78 is 43.2. The molecule has 0 amide bonds. The van der Waals surface area contributed by atoms with E-state index in [-0.39, 0.29) is 0 Å². The van der Waals surface area contributed by atoms with Gasteiger partial charge in [-0.25, -0.2) is 9.97 Å². The van der Waals surface area contributed by atoms with Crippen molar-refractivity contribution < 1.29 is 32.1 Å².